The van der Waals surface area contributed by atoms with E-state index in [0.717, 1.165) is 0 Å². The maximum absolute atomic E-state index is 12.8. The first-order valence-electron chi connectivity index (χ1n) is 14.3. The Hall–Kier alpha value is -5.86. The third-order valence-electron chi connectivity index (χ3n) is 6.79. The van der Waals surface area contributed by atoms with Gasteiger partial charge in [-0.2, -0.15) is 16.8 Å². The summed E-state index contributed by atoms with van der Waals surface area (Å²) in [6.45, 7) is 3.34. The summed E-state index contributed by atoms with van der Waals surface area (Å²) in [5.41, 5.74) is 2.39. The minimum Gasteiger partial charge on any atom is -0.379 e. The summed E-state index contributed by atoms with van der Waals surface area (Å²) >= 11 is 0. The van der Waals surface area contributed by atoms with Crippen LogP contribution >= 0.6 is 0 Å². The van der Waals surface area contributed by atoms with Crippen molar-refractivity contribution in [1.29, 1.82) is 0 Å². The van der Waals surface area contributed by atoms with E-state index in [1.807, 2.05) is 0 Å². The van der Waals surface area contributed by atoms with E-state index >= 15 is 0 Å². The highest BCUT2D eigenvalue weighted by atomic mass is 32.2. The van der Waals surface area contributed by atoms with Crippen LogP contribution in [0.1, 0.15) is 11.1 Å². The largest absolute Gasteiger partial charge is 0.379 e. The Bertz CT molecular complexity index is 2020. The number of aryl methyl sites for hydroxylation is 2. The van der Waals surface area contributed by atoms with Crippen molar-refractivity contribution in [3.05, 3.63) is 132 Å². The van der Waals surface area contributed by atoms with E-state index < -0.39 is 32.3 Å². The molecular weight excluding hydrogens is 657 g/mol. The van der Waals surface area contributed by atoms with Gasteiger partial charge in [0, 0.05) is 11.4 Å². The molecule has 0 fully saturated rings. The van der Waals surface area contributed by atoms with E-state index in [2.05, 4.69) is 21.3 Å². The van der Waals surface area contributed by atoms with Crippen molar-refractivity contribution in [2.45, 2.75) is 23.6 Å². The molecule has 0 aliphatic carbocycles. The first-order valence-corrected chi connectivity index (χ1v) is 17.2. The number of para-hydroxylation sites is 2. The molecule has 0 aliphatic rings. The summed E-state index contributed by atoms with van der Waals surface area (Å²) in [5, 5.41) is 10.6. The fraction of sp³-hybridized carbons (Fsp3) is 0.0588. The van der Waals surface area contributed by atoms with E-state index in [4.69, 9.17) is 8.37 Å². The van der Waals surface area contributed by atoms with Crippen molar-refractivity contribution in [3.8, 4) is 11.5 Å². The lowest BCUT2D eigenvalue weighted by Crippen LogP contribution is -2.23. The van der Waals surface area contributed by atoms with Gasteiger partial charge in [0.15, 0.2) is 0 Å². The lowest BCUT2D eigenvalue weighted by Gasteiger charge is -2.14. The van der Waals surface area contributed by atoms with Gasteiger partial charge in [0.05, 0.1) is 11.4 Å². The molecule has 4 amide bonds. The molecule has 0 radical (unpaired) electrons. The fourth-order valence-electron chi connectivity index (χ4n) is 4.48. The Kier molecular flexibility index (Phi) is 9.96. The van der Waals surface area contributed by atoms with E-state index in [1.54, 1.807) is 74.5 Å². The van der Waals surface area contributed by atoms with Crippen molar-refractivity contribution in [2.75, 3.05) is 21.3 Å². The number of hydrogen-bond acceptors (Lipinski definition) is 8. The number of carbonyl (C=O) groups excluding carboxylic acids is 2. The lowest BCUT2D eigenvalue weighted by atomic mass is 10.2. The number of amides is 4. The maximum Gasteiger partial charge on any atom is 0.339 e. The zero-order valence-electron chi connectivity index (χ0n) is 25.6. The van der Waals surface area contributed by atoms with Crippen molar-refractivity contribution in [1.82, 2.24) is 0 Å². The molecule has 0 bridgehead atoms. The van der Waals surface area contributed by atoms with Crippen LogP contribution < -0.4 is 29.6 Å². The lowest BCUT2D eigenvalue weighted by molar-refractivity contribution is 0.261. The summed E-state index contributed by atoms with van der Waals surface area (Å²) in [6, 6.07) is 29.8. The number of benzene rings is 5. The third kappa shape index (κ3) is 8.48. The average molecular weight is 687 g/mol. The van der Waals surface area contributed by atoms with Gasteiger partial charge in [0.1, 0.15) is 21.3 Å². The summed E-state index contributed by atoms with van der Waals surface area (Å²) in [4.78, 5) is 25.6. The average Bonchev–Trinajstić information content (AvgIpc) is 3.04. The van der Waals surface area contributed by atoms with E-state index in [1.165, 1.54) is 60.7 Å². The summed E-state index contributed by atoms with van der Waals surface area (Å²) in [6.07, 6.45) is 0. The molecule has 0 aliphatic heterocycles. The monoisotopic (exact) mass is 686 g/mol. The number of carbonyl (C=O) groups is 2. The Labute approximate surface area is 278 Å². The maximum atomic E-state index is 12.8. The molecule has 0 unspecified atom stereocenters. The predicted octanol–water partition coefficient (Wildman–Crippen LogP) is 7.13. The molecule has 14 heteroatoms. The van der Waals surface area contributed by atoms with Crippen LogP contribution in [0.25, 0.3) is 0 Å². The fourth-order valence-corrected chi connectivity index (χ4v) is 6.80. The van der Waals surface area contributed by atoms with Crippen molar-refractivity contribution in [3.63, 3.8) is 0 Å². The zero-order valence-corrected chi connectivity index (χ0v) is 27.3. The van der Waals surface area contributed by atoms with Gasteiger partial charge in [0.2, 0.25) is 0 Å². The molecule has 5 aromatic rings. The highest BCUT2D eigenvalue weighted by molar-refractivity contribution is 7.87. The first kappa shape index (κ1) is 33.5. The van der Waals surface area contributed by atoms with Crippen LogP contribution in [0.5, 0.6) is 11.5 Å². The molecule has 0 saturated heterocycles. The number of hydrogen-bond donors (Lipinski definition) is 4. The molecule has 0 atom stereocenters. The minimum absolute atomic E-state index is 0.0576. The smallest absolute Gasteiger partial charge is 0.339 e. The molecule has 0 spiro atoms. The SMILES string of the molecule is Cc1ccccc1S(=O)(=O)Oc1ccc(NC(=O)Nc2ccccc2NC(=O)Nc2ccc(OS(=O)(=O)c3ccccc3C)cc2)cc1. The van der Waals surface area contributed by atoms with Crippen LogP contribution in [0, 0.1) is 13.8 Å². The summed E-state index contributed by atoms with van der Waals surface area (Å²) < 4.78 is 61.1. The Balaban J connectivity index is 1.15. The molecule has 0 aromatic heterocycles. The molecule has 4 N–H and O–H groups in total. The van der Waals surface area contributed by atoms with Gasteiger partial charge in [-0.25, -0.2) is 9.59 Å². The first-order chi connectivity index (χ1) is 22.9. The van der Waals surface area contributed by atoms with Crippen LogP contribution in [0.3, 0.4) is 0 Å². The van der Waals surface area contributed by atoms with Gasteiger partial charge in [-0.15, -0.1) is 0 Å². The second-order valence-electron chi connectivity index (χ2n) is 10.4. The van der Waals surface area contributed by atoms with Crippen LogP contribution in [0.4, 0.5) is 32.3 Å². The van der Waals surface area contributed by atoms with E-state index in [-0.39, 0.29) is 21.3 Å². The molecular formula is C34H30N4O8S2. The van der Waals surface area contributed by atoms with Crippen LogP contribution in [0.2, 0.25) is 0 Å². The van der Waals surface area contributed by atoms with E-state index in [9.17, 15) is 26.4 Å². The summed E-state index contributed by atoms with van der Waals surface area (Å²) in [5.74, 6) is 0.137. The normalized spacial score (nSPS) is 11.2. The van der Waals surface area contributed by atoms with E-state index in [0.29, 0.717) is 33.9 Å². The van der Waals surface area contributed by atoms with Crippen LogP contribution in [-0.4, -0.2) is 28.9 Å². The summed E-state index contributed by atoms with van der Waals surface area (Å²) in [7, 11) is -8.08. The van der Waals surface area contributed by atoms with Gasteiger partial charge in [-0.05, 0) is 97.8 Å². The highest BCUT2D eigenvalue weighted by Crippen LogP contribution is 2.26. The molecule has 12 nitrogen and oxygen atoms in total. The second kappa shape index (κ2) is 14.3. The number of anilines is 4. The predicted molar refractivity (Wildman–Crippen MR) is 183 cm³/mol. The van der Waals surface area contributed by atoms with Crippen LogP contribution in [0.15, 0.2) is 131 Å². The van der Waals surface area contributed by atoms with Gasteiger partial charge in [0.25, 0.3) is 0 Å². The number of urea groups is 2. The van der Waals surface area contributed by atoms with Crippen molar-refractivity contribution < 1.29 is 34.8 Å². The molecule has 48 heavy (non-hydrogen) atoms. The second-order valence-corrected chi connectivity index (χ2v) is 13.4. The zero-order chi connectivity index (χ0) is 34.3. The number of nitrogens with one attached hydrogen (secondary N) is 4. The minimum atomic E-state index is -4.04. The van der Waals surface area contributed by atoms with Crippen LogP contribution in [-0.2, 0) is 20.2 Å². The molecule has 0 heterocycles. The number of rotatable bonds is 10. The van der Waals surface area contributed by atoms with Crippen molar-refractivity contribution >= 4 is 55.0 Å². The molecule has 5 rings (SSSR count). The quantitative estimate of drug-likeness (QED) is 0.113. The highest BCUT2D eigenvalue weighted by Gasteiger charge is 2.20. The Morgan fingerprint density at radius 2 is 0.792 bits per heavy atom. The molecule has 5 aromatic carbocycles. The molecule has 0 saturated carbocycles. The van der Waals surface area contributed by atoms with Gasteiger partial charge in [-0.3, -0.25) is 0 Å². The van der Waals surface area contributed by atoms with Gasteiger partial charge in [-0.1, -0.05) is 48.5 Å². The Morgan fingerprint density at radius 1 is 0.458 bits per heavy atom. The topological polar surface area (TPSA) is 169 Å². The Morgan fingerprint density at radius 3 is 1.15 bits per heavy atom. The standard InChI is InChI=1S/C34H30N4O8S2/c1-23-9-3-7-13-31(23)47(41,42)45-27-19-15-25(16-20-27)35-33(39)37-29-11-5-6-12-30(29)38-34(40)36-26-17-21-28(22-18-26)46-48(43,44)32-14-8-4-10-24(32)2/h3-22H,1-2H3,(H2,35,37,39)(H2,36,38,40). The van der Waals surface area contributed by atoms with Gasteiger partial charge < -0.3 is 29.6 Å². The third-order valence-corrected chi connectivity index (χ3v) is 9.60. The molecule has 246 valence electrons. The van der Waals surface area contributed by atoms with Gasteiger partial charge >= 0.3 is 32.3 Å². The van der Waals surface area contributed by atoms with Crippen molar-refractivity contribution in [2.24, 2.45) is 0 Å².